The van der Waals surface area contributed by atoms with Gasteiger partial charge in [-0.25, -0.2) is 0 Å². The number of carbonyl (C=O) groups excluding carboxylic acids is 1. The predicted octanol–water partition coefficient (Wildman–Crippen LogP) is 3.89. The molecule has 2 nitrogen and oxygen atoms in total. The molecule has 1 saturated heterocycles. The van der Waals surface area contributed by atoms with Gasteiger partial charge in [-0.3, -0.25) is 4.79 Å². The van der Waals surface area contributed by atoms with Crippen molar-refractivity contribution in [2.45, 2.75) is 26.2 Å². The Morgan fingerprint density at radius 2 is 2.35 bits per heavy atom. The van der Waals surface area contributed by atoms with Gasteiger partial charge in [-0.15, -0.1) is 0 Å². The van der Waals surface area contributed by atoms with E-state index in [0.717, 1.165) is 35.3 Å². The molecule has 0 aliphatic carbocycles. The number of piperidine rings is 1. The normalized spacial score (nSPS) is 20.4. The van der Waals surface area contributed by atoms with E-state index in [4.69, 9.17) is 0 Å². The highest BCUT2D eigenvalue weighted by atomic mass is 79.9. The third-order valence-electron chi connectivity index (χ3n) is 3.57. The zero-order chi connectivity index (χ0) is 12.3. The van der Waals surface area contributed by atoms with Crippen LogP contribution in [-0.4, -0.2) is 19.4 Å². The number of halogens is 1. The van der Waals surface area contributed by atoms with E-state index < -0.39 is 0 Å². The molecule has 0 radical (unpaired) electrons. The lowest BCUT2D eigenvalue weighted by Crippen LogP contribution is -2.35. The zero-order valence-electron chi connectivity index (χ0n) is 10.2. The molecule has 1 atom stereocenters. The minimum absolute atomic E-state index is 0.720. The van der Waals surface area contributed by atoms with E-state index in [2.05, 4.69) is 33.8 Å². The van der Waals surface area contributed by atoms with Gasteiger partial charge in [0.05, 0.1) is 0 Å². The van der Waals surface area contributed by atoms with E-state index in [0.29, 0.717) is 0 Å². The Balaban J connectivity index is 2.16. The van der Waals surface area contributed by atoms with Crippen LogP contribution in [0.25, 0.3) is 0 Å². The van der Waals surface area contributed by atoms with Crippen LogP contribution in [0.15, 0.2) is 22.7 Å². The summed E-state index contributed by atoms with van der Waals surface area (Å²) in [5, 5.41) is 0. The molecule has 0 amide bonds. The van der Waals surface area contributed by atoms with Crippen LogP contribution in [0.4, 0.5) is 5.69 Å². The number of hydrogen-bond acceptors (Lipinski definition) is 2. The van der Waals surface area contributed by atoms with Crippen molar-refractivity contribution in [3.63, 3.8) is 0 Å². The van der Waals surface area contributed by atoms with Gasteiger partial charge in [-0.1, -0.05) is 13.3 Å². The smallest absolute Gasteiger partial charge is 0.151 e. The molecule has 0 N–H and O–H groups in total. The largest absolute Gasteiger partial charge is 0.371 e. The van der Waals surface area contributed by atoms with Gasteiger partial charge in [0, 0.05) is 28.8 Å². The van der Waals surface area contributed by atoms with Crippen LogP contribution >= 0.6 is 15.9 Å². The highest BCUT2D eigenvalue weighted by Gasteiger charge is 2.19. The summed E-state index contributed by atoms with van der Waals surface area (Å²) in [7, 11) is 0. The molecule has 0 aromatic heterocycles. The summed E-state index contributed by atoms with van der Waals surface area (Å²) in [5.74, 6) is 0.813. The van der Waals surface area contributed by atoms with Gasteiger partial charge in [0.15, 0.2) is 6.29 Å². The van der Waals surface area contributed by atoms with Crippen molar-refractivity contribution in [2.75, 3.05) is 18.0 Å². The molecule has 0 saturated carbocycles. The van der Waals surface area contributed by atoms with E-state index in [1.165, 1.54) is 24.9 Å². The molecule has 0 bridgehead atoms. The number of anilines is 1. The highest BCUT2D eigenvalue weighted by molar-refractivity contribution is 9.10. The van der Waals surface area contributed by atoms with Crippen LogP contribution in [-0.2, 0) is 0 Å². The van der Waals surface area contributed by atoms with Crippen molar-refractivity contribution in [3.8, 4) is 0 Å². The van der Waals surface area contributed by atoms with Crippen molar-refractivity contribution in [1.82, 2.24) is 0 Å². The zero-order valence-corrected chi connectivity index (χ0v) is 11.7. The lowest BCUT2D eigenvalue weighted by atomic mass is 9.95. The fourth-order valence-corrected chi connectivity index (χ4v) is 2.90. The molecule has 1 aliphatic rings. The molecule has 0 spiro atoms. The fourth-order valence-electron chi connectivity index (χ4n) is 2.44. The van der Waals surface area contributed by atoms with Gasteiger partial charge in [-0.05, 0) is 52.9 Å². The Kier molecular flexibility index (Phi) is 4.21. The lowest BCUT2D eigenvalue weighted by Gasteiger charge is -2.34. The maximum Gasteiger partial charge on any atom is 0.151 e. The molecule has 92 valence electrons. The number of nitrogens with zero attached hydrogens (tertiary/aromatic N) is 1. The molecule has 1 aliphatic heterocycles. The van der Waals surface area contributed by atoms with Crippen LogP contribution in [0.1, 0.15) is 36.5 Å². The van der Waals surface area contributed by atoms with Gasteiger partial charge >= 0.3 is 0 Å². The summed E-state index contributed by atoms with van der Waals surface area (Å²) in [6.07, 6.45) is 4.76. The number of hydrogen-bond donors (Lipinski definition) is 0. The van der Waals surface area contributed by atoms with Crippen molar-refractivity contribution in [2.24, 2.45) is 5.92 Å². The Morgan fingerprint density at radius 3 is 3.00 bits per heavy atom. The van der Waals surface area contributed by atoms with Gasteiger partial charge in [0.1, 0.15) is 0 Å². The molecular weight excluding hydrogens is 278 g/mol. The quantitative estimate of drug-likeness (QED) is 0.789. The predicted molar refractivity (Wildman–Crippen MR) is 74.8 cm³/mol. The maximum absolute atomic E-state index is 10.8. The SMILES string of the molecule is CCC1CCCN(c2ccc(C=O)c(Br)c2)C1. The second kappa shape index (κ2) is 5.67. The first-order valence-electron chi connectivity index (χ1n) is 6.24. The molecule has 1 heterocycles. The van der Waals surface area contributed by atoms with E-state index in [9.17, 15) is 4.79 Å². The van der Waals surface area contributed by atoms with Crippen LogP contribution in [0.3, 0.4) is 0 Å². The monoisotopic (exact) mass is 295 g/mol. The van der Waals surface area contributed by atoms with Crippen LogP contribution in [0, 0.1) is 5.92 Å². The summed E-state index contributed by atoms with van der Waals surface area (Å²) < 4.78 is 0.892. The van der Waals surface area contributed by atoms with Crippen molar-refractivity contribution < 1.29 is 4.79 Å². The lowest BCUT2D eigenvalue weighted by molar-refractivity contribution is 0.112. The van der Waals surface area contributed by atoms with Gasteiger partial charge in [0.25, 0.3) is 0 Å². The fraction of sp³-hybridized carbons (Fsp3) is 0.500. The minimum atomic E-state index is 0.720. The first-order chi connectivity index (χ1) is 8.24. The molecule has 3 heteroatoms. The number of carbonyl (C=O) groups is 1. The third kappa shape index (κ3) is 2.89. The van der Waals surface area contributed by atoms with E-state index >= 15 is 0 Å². The Hall–Kier alpha value is -0.830. The number of aldehydes is 1. The van der Waals surface area contributed by atoms with Crippen LogP contribution in [0.2, 0.25) is 0 Å². The van der Waals surface area contributed by atoms with E-state index in [-0.39, 0.29) is 0 Å². The molecule has 1 fully saturated rings. The van der Waals surface area contributed by atoms with Crippen LogP contribution in [0.5, 0.6) is 0 Å². The molecule has 1 aromatic rings. The Morgan fingerprint density at radius 1 is 1.53 bits per heavy atom. The summed E-state index contributed by atoms with van der Waals surface area (Å²) in [5.41, 5.74) is 1.94. The second-order valence-electron chi connectivity index (χ2n) is 4.69. The van der Waals surface area contributed by atoms with Gasteiger partial charge < -0.3 is 4.90 Å². The summed E-state index contributed by atoms with van der Waals surface area (Å²) in [6, 6.07) is 6.00. The first kappa shape index (κ1) is 12.6. The Labute approximate surface area is 111 Å². The van der Waals surface area contributed by atoms with Crippen molar-refractivity contribution in [1.29, 1.82) is 0 Å². The minimum Gasteiger partial charge on any atom is -0.371 e. The average molecular weight is 296 g/mol. The first-order valence-corrected chi connectivity index (χ1v) is 7.03. The molecule has 1 aromatic carbocycles. The summed E-state index contributed by atoms with van der Waals surface area (Å²) in [6.45, 7) is 4.53. The van der Waals surface area contributed by atoms with Crippen LogP contribution < -0.4 is 4.90 Å². The second-order valence-corrected chi connectivity index (χ2v) is 5.54. The summed E-state index contributed by atoms with van der Waals surface area (Å²) >= 11 is 3.45. The number of rotatable bonds is 3. The standard InChI is InChI=1S/C14H18BrNO/c1-2-11-4-3-7-16(9-11)13-6-5-12(10-17)14(15)8-13/h5-6,8,10-11H,2-4,7,9H2,1H3. The molecule has 2 rings (SSSR count). The average Bonchev–Trinajstić information content (AvgIpc) is 2.38. The molecule has 1 unspecified atom stereocenters. The Bertz CT molecular complexity index is 405. The molecular formula is C14H18BrNO. The topological polar surface area (TPSA) is 20.3 Å². The van der Waals surface area contributed by atoms with E-state index in [1.807, 2.05) is 12.1 Å². The summed E-state index contributed by atoms with van der Waals surface area (Å²) in [4.78, 5) is 13.2. The maximum atomic E-state index is 10.8. The van der Waals surface area contributed by atoms with E-state index in [1.54, 1.807) is 0 Å². The van der Waals surface area contributed by atoms with Gasteiger partial charge in [0.2, 0.25) is 0 Å². The van der Waals surface area contributed by atoms with Crippen molar-refractivity contribution in [3.05, 3.63) is 28.2 Å². The highest BCUT2D eigenvalue weighted by Crippen LogP contribution is 2.28. The third-order valence-corrected chi connectivity index (χ3v) is 4.26. The number of benzene rings is 1. The van der Waals surface area contributed by atoms with Gasteiger partial charge in [-0.2, -0.15) is 0 Å². The van der Waals surface area contributed by atoms with Crippen molar-refractivity contribution >= 4 is 27.9 Å². The molecule has 17 heavy (non-hydrogen) atoms.